The summed E-state index contributed by atoms with van der Waals surface area (Å²) >= 11 is 1.89. The summed E-state index contributed by atoms with van der Waals surface area (Å²) < 4.78 is 0. The molecule has 1 aliphatic carbocycles. The van der Waals surface area contributed by atoms with Crippen molar-refractivity contribution in [1.82, 2.24) is 5.32 Å². The van der Waals surface area contributed by atoms with Gasteiger partial charge in [0.2, 0.25) is 0 Å². The molecule has 1 aromatic rings. The largest absolute Gasteiger partial charge is 0.310 e. The van der Waals surface area contributed by atoms with Gasteiger partial charge < -0.3 is 5.32 Å². The number of hydrogen-bond acceptors (Lipinski definition) is 2. The van der Waals surface area contributed by atoms with Crippen LogP contribution in [0.4, 0.5) is 0 Å². The molecular weight excluding hydrogens is 190 g/mol. The van der Waals surface area contributed by atoms with E-state index in [1.54, 1.807) is 0 Å². The van der Waals surface area contributed by atoms with Gasteiger partial charge in [0.15, 0.2) is 0 Å². The summed E-state index contributed by atoms with van der Waals surface area (Å²) in [5.74, 6) is 0.987. The minimum atomic E-state index is 0.616. The zero-order valence-electron chi connectivity index (χ0n) is 8.83. The third-order valence-corrected chi connectivity index (χ3v) is 4.12. The van der Waals surface area contributed by atoms with E-state index in [1.165, 1.54) is 30.6 Å². The van der Waals surface area contributed by atoms with E-state index in [1.807, 2.05) is 11.3 Å². The summed E-state index contributed by atoms with van der Waals surface area (Å²) in [6, 6.07) is 5.03. The van der Waals surface area contributed by atoms with Crippen LogP contribution in [0.25, 0.3) is 0 Å². The molecular formula is C12H19NS. The van der Waals surface area contributed by atoms with Gasteiger partial charge in [-0.3, -0.25) is 0 Å². The summed E-state index contributed by atoms with van der Waals surface area (Å²) in [6.07, 6.45) is 5.70. The Morgan fingerprint density at radius 2 is 2.43 bits per heavy atom. The molecule has 1 unspecified atom stereocenters. The molecule has 0 bridgehead atoms. The van der Waals surface area contributed by atoms with Crippen LogP contribution in [0.3, 0.4) is 0 Å². The third kappa shape index (κ3) is 2.37. The third-order valence-electron chi connectivity index (χ3n) is 3.13. The van der Waals surface area contributed by atoms with Crippen LogP contribution in [0.5, 0.6) is 0 Å². The topological polar surface area (TPSA) is 12.0 Å². The van der Waals surface area contributed by atoms with E-state index >= 15 is 0 Å². The molecule has 1 N–H and O–H groups in total. The van der Waals surface area contributed by atoms with Crippen LogP contribution in [0.15, 0.2) is 17.5 Å². The summed E-state index contributed by atoms with van der Waals surface area (Å²) in [6.45, 7) is 3.27. The Morgan fingerprint density at radius 1 is 1.57 bits per heavy atom. The molecule has 1 fully saturated rings. The monoisotopic (exact) mass is 209 g/mol. The molecule has 1 heterocycles. The molecule has 1 saturated carbocycles. The summed E-state index contributed by atoms with van der Waals surface area (Å²) in [5.41, 5.74) is 0. The Labute approximate surface area is 90.5 Å². The van der Waals surface area contributed by atoms with Crippen LogP contribution in [0.1, 0.15) is 43.5 Å². The maximum atomic E-state index is 3.59. The van der Waals surface area contributed by atoms with E-state index in [0.717, 1.165) is 12.5 Å². The molecule has 2 rings (SSSR count). The molecule has 1 aliphatic rings. The van der Waals surface area contributed by atoms with Crippen LogP contribution < -0.4 is 5.32 Å². The highest BCUT2D eigenvalue weighted by molar-refractivity contribution is 7.10. The van der Waals surface area contributed by atoms with Crippen molar-refractivity contribution in [2.45, 2.75) is 38.6 Å². The van der Waals surface area contributed by atoms with Crippen molar-refractivity contribution >= 4 is 11.3 Å². The standard InChI is InChI=1S/C12H19NS/c1-2-13-11(9-10-5-3-6-10)12-7-4-8-14-12/h4,7-8,10-11,13H,2-3,5-6,9H2,1H3. The first kappa shape index (κ1) is 10.2. The average Bonchev–Trinajstić information content (AvgIpc) is 2.61. The molecule has 0 spiro atoms. The van der Waals surface area contributed by atoms with Crippen LogP contribution in [0, 0.1) is 5.92 Å². The van der Waals surface area contributed by atoms with Crippen molar-refractivity contribution in [3.63, 3.8) is 0 Å². The van der Waals surface area contributed by atoms with Crippen molar-refractivity contribution in [1.29, 1.82) is 0 Å². The maximum Gasteiger partial charge on any atom is 0.0417 e. The molecule has 1 atom stereocenters. The lowest BCUT2D eigenvalue weighted by atomic mass is 9.80. The van der Waals surface area contributed by atoms with Gasteiger partial charge in [-0.25, -0.2) is 0 Å². The lowest BCUT2D eigenvalue weighted by molar-refractivity contribution is 0.264. The van der Waals surface area contributed by atoms with Gasteiger partial charge in [0, 0.05) is 10.9 Å². The Hall–Kier alpha value is -0.340. The molecule has 2 heteroatoms. The first-order valence-corrected chi connectivity index (χ1v) is 6.55. The highest BCUT2D eigenvalue weighted by atomic mass is 32.1. The molecule has 1 aromatic heterocycles. The van der Waals surface area contributed by atoms with Crippen molar-refractivity contribution in [3.05, 3.63) is 22.4 Å². The second kappa shape index (κ2) is 4.94. The van der Waals surface area contributed by atoms with E-state index in [-0.39, 0.29) is 0 Å². The molecule has 0 saturated heterocycles. The Bertz CT molecular complexity index is 251. The lowest BCUT2D eigenvalue weighted by Crippen LogP contribution is -2.25. The van der Waals surface area contributed by atoms with Crippen LogP contribution in [-0.4, -0.2) is 6.54 Å². The lowest BCUT2D eigenvalue weighted by Gasteiger charge is -2.29. The molecule has 1 nitrogen and oxygen atoms in total. The Balaban J connectivity index is 1.92. The summed E-state index contributed by atoms with van der Waals surface area (Å²) in [5, 5.41) is 5.78. The second-order valence-corrected chi connectivity index (χ2v) is 5.14. The van der Waals surface area contributed by atoms with E-state index in [0.29, 0.717) is 6.04 Å². The summed E-state index contributed by atoms with van der Waals surface area (Å²) in [7, 11) is 0. The molecule has 0 aromatic carbocycles. The quantitative estimate of drug-likeness (QED) is 0.781. The van der Waals surface area contributed by atoms with Gasteiger partial charge in [-0.15, -0.1) is 11.3 Å². The average molecular weight is 209 g/mol. The van der Waals surface area contributed by atoms with Gasteiger partial charge in [0.25, 0.3) is 0 Å². The van der Waals surface area contributed by atoms with Crippen LogP contribution >= 0.6 is 11.3 Å². The van der Waals surface area contributed by atoms with Crippen LogP contribution in [0.2, 0.25) is 0 Å². The molecule has 0 radical (unpaired) electrons. The minimum absolute atomic E-state index is 0.616. The smallest absolute Gasteiger partial charge is 0.0417 e. The first-order chi connectivity index (χ1) is 6.90. The Morgan fingerprint density at radius 3 is 2.93 bits per heavy atom. The molecule has 14 heavy (non-hydrogen) atoms. The fourth-order valence-electron chi connectivity index (χ4n) is 2.10. The zero-order valence-corrected chi connectivity index (χ0v) is 9.65. The fourth-order valence-corrected chi connectivity index (χ4v) is 2.91. The van der Waals surface area contributed by atoms with Gasteiger partial charge in [-0.1, -0.05) is 32.3 Å². The number of nitrogens with one attached hydrogen (secondary N) is 1. The number of thiophene rings is 1. The van der Waals surface area contributed by atoms with E-state index < -0.39 is 0 Å². The molecule has 78 valence electrons. The van der Waals surface area contributed by atoms with Gasteiger partial charge in [0.05, 0.1) is 0 Å². The van der Waals surface area contributed by atoms with Crippen molar-refractivity contribution in [2.24, 2.45) is 5.92 Å². The van der Waals surface area contributed by atoms with Gasteiger partial charge in [0.1, 0.15) is 0 Å². The molecule has 0 amide bonds. The van der Waals surface area contributed by atoms with Crippen molar-refractivity contribution in [3.8, 4) is 0 Å². The number of rotatable bonds is 5. The predicted octanol–water partition coefficient (Wildman–Crippen LogP) is 3.59. The summed E-state index contributed by atoms with van der Waals surface area (Å²) in [4.78, 5) is 1.51. The van der Waals surface area contributed by atoms with Crippen molar-refractivity contribution in [2.75, 3.05) is 6.54 Å². The zero-order chi connectivity index (χ0) is 9.80. The number of hydrogen-bond donors (Lipinski definition) is 1. The van der Waals surface area contributed by atoms with E-state index in [9.17, 15) is 0 Å². The normalized spacial score (nSPS) is 19.2. The Kier molecular flexibility index (Phi) is 3.60. The predicted molar refractivity (Wildman–Crippen MR) is 62.7 cm³/mol. The highest BCUT2D eigenvalue weighted by Gasteiger charge is 2.22. The molecule has 0 aliphatic heterocycles. The van der Waals surface area contributed by atoms with Gasteiger partial charge in [-0.05, 0) is 30.3 Å². The first-order valence-electron chi connectivity index (χ1n) is 5.67. The SMILES string of the molecule is CCNC(CC1CCC1)c1cccs1. The minimum Gasteiger partial charge on any atom is -0.310 e. The maximum absolute atomic E-state index is 3.59. The van der Waals surface area contributed by atoms with Crippen molar-refractivity contribution < 1.29 is 0 Å². The highest BCUT2D eigenvalue weighted by Crippen LogP contribution is 2.35. The van der Waals surface area contributed by atoms with E-state index in [4.69, 9.17) is 0 Å². The van der Waals surface area contributed by atoms with Gasteiger partial charge >= 0.3 is 0 Å². The fraction of sp³-hybridized carbons (Fsp3) is 0.667. The second-order valence-electron chi connectivity index (χ2n) is 4.16. The van der Waals surface area contributed by atoms with Gasteiger partial charge in [-0.2, -0.15) is 0 Å². The van der Waals surface area contributed by atoms with Crippen LogP contribution in [-0.2, 0) is 0 Å². The van der Waals surface area contributed by atoms with E-state index in [2.05, 4.69) is 29.8 Å².